The van der Waals surface area contributed by atoms with E-state index in [0.29, 0.717) is 6.54 Å². The van der Waals surface area contributed by atoms with Crippen LogP contribution in [0.4, 0.5) is 0 Å². The number of aliphatic hydroxyl groups is 1. The molecule has 0 spiro atoms. The molecule has 2 heteroatoms. The minimum Gasteiger partial charge on any atom is -0.387 e. The topological polar surface area (TPSA) is 23.5 Å². The Balaban J connectivity index is 1.66. The Morgan fingerprint density at radius 3 is 2.50 bits per heavy atom. The molecule has 1 unspecified atom stereocenters. The first-order valence-corrected chi connectivity index (χ1v) is 7.26. The number of hydrogen-bond donors (Lipinski definition) is 1. The lowest BCUT2D eigenvalue weighted by molar-refractivity contribution is 0.106. The number of rotatable bonds is 3. The highest BCUT2D eigenvalue weighted by atomic mass is 16.3. The molecule has 0 amide bonds. The van der Waals surface area contributed by atoms with E-state index in [1.54, 1.807) is 0 Å². The summed E-state index contributed by atoms with van der Waals surface area (Å²) in [7, 11) is 0. The van der Waals surface area contributed by atoms with E-state index < -0.39 is 6.10 Å². The van der Waals surface area contributed by atoms with Crippen LogP contribution in [0.5, 0.6) is 0 Å². The van der Waals surface area contributed by atoms with E-state index >= 15 is 0 Å². The van der Waals surface area contributed by atoms with Crippen molar-refractivity contribution in [1.29, 1.82) is 0 Å². The lowest BCUT2D eigenvalue weighted by Crippen LogP contribution is -2.33. The van der Waals surface area contributed by atoms with Crippen LogP contribution in [-0.4, -0.2) is 23.1 Å². The molecule has 0 radical (unpaired) electrons. The van der Waals surface area contributed by atoms with Crippen molar-refractivity contribution in [2.45, 2.75) is 26.0 Å². The molecule has 1 aliphatic rings. The van der Waals surface area contributed by atoms with Gasteiger partial charge in [0.15, 0.2) is 0 Å². The van der Waals surface area contributed by atoms with E-state index in [1.165, 1.54) is 16.7 Å². The Morgan fingerprint density at radius 2 is 1.75 bits per heavy atom. The van der Waals surface area contributed by atoms with E-state index in [2.05, 4.69) is 48.2 Å². The Labute approximate surface area is 120 Å². The lowest BCUT2D eigenvalue weighted by atomic mass is 9.99. The van der Waals surface area contributed by atoms with Gasteiger partial charge in [0.05, 0.1) is 6.10 Å². The summed E-state index contributed by atoms with van der Waals surface area (Å²) in [5.74, 6) is 0. The third-order valence-corrected chi connectivity index (χ3v) is 4.10. The van der Waals surface area contributed by atoms with Crippen LogP contribution in [0.3, 0.4) is 0 Å². The van der Waals surface area contributed by atoms with Crippen LogP contribution in [0, 0.1) is 6.92 Å². The molecule has 2 aromatic carbocycles. The Hall–Kier alpha value is -1.64. The molecule has 1 N–H and O–H groups in total. The summed E-state index contributed by atoms with van der Waals surface area (Å²) in [6.07, 6.45) is 0.678. The summed E-state index contributed by atoms with van der Waals surface area (Å²) >= 11 is 0. The number of benzene rings is 2. The maximum absolute atomic E-state index is 10.4. The van der Waals surface area contributed by atoms with Gasteiger partial charge in [0.25, 0.3) is 0 Å². The summed E-state index contributed by atoms with van der Waals surface area (Å²) < 4.78 is 0. The summed E-state index contributed by atoms with van der Waals surface area (Å²) in [6.45, 7) is 4.74. The Bertz CT molecular complexity index is 576. The van der Waals surface area contributed by atoms with Gasteiger partial charge in [0.2, 0.25) is 0 Å². The molecular weight excluding hydrogens is 246 g/mol. The molecule has 3 rings (SSSR count). The second kappa shape index (κ2) is 5.78. The Morgan fingerprint density at radius 1 is 1.05 bits per heavy atom. The van der Waals surface area contributed by atoms with Crippen LogP contribution in [0.25, 0.3) is 0 Å². The van der Waals surface area contributed by atoms with Gasteiger partial charge in [-0.25, -0.2) is 0 Å². The molecule has 104 valence electrons. The first-order valence-electron chi connectivity index (χ1n) is 7.26. The standard InChI is InChI=1S/C18H21NO/c1-14-6-8-16(9-7-14)18(20)13-19-11-10-15-4-2-3-5-17(15)12-19/h2-9,18,20H,10-13H2,1H3. The van der Waals surface area contributed by atoms with Gasteiger partial charge in [-0.05, 0) is 30.0 Å². The SMILES string of the molecule is Cc1ccc(C(O)CN2CCc3ccccc3C2)cc1. The van der Waals surface area contributed by atoms with Crippen LogP contribution < -0.4 is 0 Å². The first kappa shape index (κ1) is 13.3. The third-order valence-electron chi connectivity index (χ3n) is 4.10. The highest BCUT2D eigenvalue weighted by Gasteiger charge is 2.18. The molecule has 1 heterocycles. The van der Waals surface area contributed by atoms with E-state index in [9.17, 15) is 5.11 Å². The normalized spacial score (nSPS) is 16.7. The van der Waals surface area contributed by atoms with E-state index in [0.717, 1.165) is 25.1 Å². The third kappa shape index (κ3) is 2.92. The summed E-state index contributed by atoms with van der Waals surface area (Å²) in [6, 6.07) is 16.8. The second-order valence-corrected chi connectivity index (χ2v) is 5.68. The van der Waals surface area contributed by atoms with E-state index in [-0.39, 0.29) is 0 Å². The minimum absolute atomic E-state index is 0.402. The second-order valence-electron chi connectivity index (χ2n) is 5.68. The molecule has 1 atom stereocenters. The maximum Gasteiger partial charge on any atom is 0.0917 e. The van der Waals surface area contributed by atoms with Gasteiger partial charge in [-0.3, -0.25) is 4.90 Å². The number of hydrogen-bond acceptors (Lipinski definition) is 2. The molecule has 0 fully saturated rings. The van der Waals surface area contributed by atoms with E-state index in [1.807, 2.05) is 12.1 Å². The number of aryl methyl sites for hydroxylation is 1. The zero-order valence-electron chi connectivity index (χ0n) is 11.9. The molecular formula is C18H21NO. The van der Waals surface area contributed by atoms with Crippen molar-refractivity contribution < 1.29 is 5.11 Å². The van der Waals surface area contributed by atoms with Crippen LogP contribution in [0.15, 0.2) is 48.5 Å². The molecule has 0 saturated heterocycles. The van der Waals surface area contributed by atoms with Crippen molar-refractivity contribution in [2.75, 3.05) is 13.1 Å². The molecule has 2 nitrogen and oxygen atoms in total. The van der Waals surface area contributed by atoms with Crippen molar-refractivity contribution >= 4 is 0 Å². The van der Waals surface area contributed by atoms with Crippen molar-refractivity contribution in [3.8, 4) is 0 Å². The molecule has 1 aliphatic heterocycles. The molecule has 0 aromatic heterocycles. The van der Waals surface area contributed by atoms with Gasteiger partial charge in [-0.1, -0.05) is 54.1 Å². The van der Waals surface area contributed by atoms with Gasteiger partial charge >= 0.3 is 0 Å². The van der Waals surface area contributed by atoms with Crippen LogP contribution in [-0.2, 0) is 13.0 Å². The minimum atomic E-state index is -0.402. The molecule has 0 bridgehead atoms. The molecule has 0 aliphatic carbocycles. The fourth-order valence-corrected chi connectivity index (χ4v) is 2.85. The quantitative estimate of drug-likeness (QED) is 0.923. The molecule has 20 heavy (non-hydrogen) atoms. The Kier molecular flexibility index (Phi) is 3.86. The van der Waals surface area contributed by atoms with Crippen molar-refractivity contribution in [1.82, 2.24) is 4.90 Å². The highest BCUT2D eigenvalue weighted by molar-refractivity contribution is 5.29. The smallest absolute Gasteiger partial charge is 0.0917 e. The molecule has 0 saturated carbocycles. The van der Waals surface area contributed by atoms with Crippen LogP contribution in [0.2, 0.25) is 0 Å². The monoisotopic (exact) mass is 267 g/mol. The highest BCUT2D eigenvalue weighted by Crippen LogP contribution is 2.21. The number of nitrogens with zero attached hydrogens (tertiary/aromatic N) is 1. The van der Waals surface area contributed by atoms with Gasteiger partial charge < -0.3 is 5.11 Å². The predicted octanol–water partition coefficient (Wildman–Crippen LogP) is 3.09. The van der Waals surface area contributed by atoms with Crippen LogP contribution in [0.1, 0.15) is 28.4 Å². The fourth-order valence-electron chi connectivity index (χ4n) is 2.85. The van der Waals surface area contributed by atoms with E-state index in [4.69, 9.17) is 0 Å². The van der Waals surface area contributed by atoms with Gasteiger partial charge in [0.1, 0.15) is 0 Å². The van der Waals surface area contributed by atoms with Gasteiger partial charge in [-0.15, -0.1) is 0 Å². The van der Waals surface area contributed by atoms with Crippen LogP contribution >= 0.6 is 0 Å². The van der Waals surface area contributed by atoms with Crippen molar-refractivity contribution in [3.05, 3.63) is 70.8 Å². The summed E-state index contributed by atoms with van der Waals surface area (Å²) in [5, 5.41) is 10.4. The predicted molar refractivity (Wildman–Crippen MR) is 81.6 cm³/mol. The molecule has 2 aromatic rings. The first-order chi connectivity index (χ1) is 9.72. The maximum atomic E-state index is 10.4. The van der Waals surface area contributed by atoms with Gasteiger partial charge in [0, 0.05) is 19.6 Å². The zero-order chi connectivity index (χ0) is 13.9. The average Bonchev–Trinajstić information content (AvgIpc) is 2.48. The average molecular weight is 267 g/mol. The summed E-state index contributed by atoms with van der Waals surface area (Å²) in [5.41, 5.74) is 5.09. The zero-order valence-corrected chi connectivity index (χ0v) is 11.9. The largest absolute Gasteiger partial charge is 0.387 e. The summed E-state index contributed by atoms with van der Waals surface area (Å²) in [4.78, 5) is 2.34. The lowest BCUT2D eigenvalue weighted by Gasteiger charge is -2.30. The number of β-amino-alcohol motifs (C(OH)–C–C–N with tert-alkyl or cyclic N) is 1. The number of fused-ring (bicyclic) bond motifs is 1. The fraction of sp³-hybridized carbons (Fsp3) is 0.333. The van der Waals surface area contributed by atoms with Gasteiger partial charge in [-0.2, -0.15) is 0 Å². The van der Waals surface area contributed by atoms with Crippen molar-refractivity contribution in [2.24, 2.45) is 0 Å². The van der Waals surface area contributed by atoms with Crippen molar-refractivity contribution in [3.63, 3.8) is 0 Å². The number of aliphatic hydroxyl groups excluding tert-OH is 1.